The minimum absolute atomic E-state index is 0.00807. The largest absolute Gasteiger partial charge is 0.618 e. The Bertz CT molecular complexity index is 1310. The van der Waals surface area contributed by atoms with Gasteiger partial charge in [0.05, 0.1) is 16.1 Å². The Hall–Kier alpha value is -3.39. The van der Waals surface area contributed by atoms with Crippen molar-refractivity contribution in [1.82, 2.24) is 0 Å². The maximum absolute atomic E-state index is 14.7. The maximum Gasteiger partial charge on any atom is 0.335 e. The van der Waals surface area contributed by atoms with Gasteiger partial charge >= 0.3 is 5.97 Å². The number of benzene rings is 2. The van der Waals surface area contributed by atoms with Crippen LogP contribution in [0.5, 0.6) is 0 Å². The fourth-order valence-electron chi connectivity index (χ4n) is 4.49. The molecule has 1 fully saturated rings. The Balaban J connectivity index is 1.67. The van der Waals surface area contributed by atoms with Crippen LogP contribution >= 0.6 is 11.6 Å². The number of aromatic nitrogens is 1. The standard InChI is InChI=1S/C27H23ClF3NO4/c1-14-10-18(14)12-20(23(33)11-15-2-4-16(5-3-15)27(34)35)22-9-6-17(13-32(22)36)24-19(26(30)31)7-8-21(28)25(24)29/h2-9,13-14,18,20,26H,10-12H2,1H3,(H,34,35)/t14?,18?,20-/m1/s1. The van der Waals surface area contributed by atoms with Crippen molar-refractivity contribution in [2.75, 3.05) is 0 Å². The number of rotatable bonds is 9. The lowest BCUT2D eigenvalue weighted by Crippen LogP contribution is -2.36. The summed E-state index contributed by atoms with van der Waals surface area (Å²) in [6, 6.07) is 10.7. The third kappa shape index (κ3) is 5.38. The van der Waals surface area contributed by atoms with Crippen LogP contribution in [0.2, 0.25) is 5.02 Å². The quantitative estimate of drug-likeness (QED) is 0.264. The van der Waals surface area contributed by atoms with Gasteiger partial charge in [0.15, 0.2) is 12.0 Å². The first-order chi connectivity index (χ1) is 17.1. The molecule has 9 heteroatoms. The molecule has 3 aromatic rings. The Morgan fingerprint density at radius 2 is 1.81 bits per heavy atom. The highest BCUT2D eigenvalue weighted by molar-refractivity contribution is 6.31. The molecule has 1 saturated carbocycles. The number of aromatic carboxylic acids is 1. The Morgan fingerprint density at radius 1 is 1.14 bits per heavy atom. The fraction of sp³-hybridized carbons (Fsp3) is 0.296. The van der Waals surface area contributed by atoms with E-state index >= 15 is 0 Å². The number of hydrogen-bond acceptors (Lipinski definition) is 3. The summed E-state index contributed by atoms with van der Waals surface area (Å²) in [5.74, 6) is -2.42. The molecule has 0 bridgehead atoms. The second-order valence-electron chi connectivity index (χ2n) is 9.20. The van der Waals surface area contributed by atoms with Crippen molar-refractivity contribution in [3.8, 4) is 11.1 Å². The molecule has 1 aliphatic rings. The van der Waals surface area contributed by atoms with Crippen molar-refractivity contribution < 1.29 is 32.6 Å². The zero-order valence-electron chi connectivity index (χ0n) is 19.3. The van der Waals surface area contributed by atoms with Gasteiger partial charge in [-0.1, -0.05) is 36.7 Å². The number of carboxylic acids is 1. The predicted molar refractivity (Wildman–Crippen MR) is 128 cm³/mol. The van der Waals surface area contributed by atoms with Crippen LogP contribution < -0.4 is 4.73 Å². The Kier molecular flexibility index (Phi) is 7.36. The molecule has 3 atom stereocenters. The number of alkyl halides is 2. The van der Waals surface area contributed by atoms with Gasteiger partial charge in [0.2, 0.25) is 5.69 Å². The summed E-state index contributed by atoms with van der Waals surface area (Å²) in [5, 5.41) is 21.8. The van der Waals surface area contributed by atoms with Gasteiger partial charge in [-0.05, 0) is 54.5 Å². The second kappa shape index (κ2) is 10.3. The molecule has 2 aromatic carbocycles. The van der Waals surface area contributed by atoms with Crippen molar-refractivity contribution in [3.63, 3.8) is 0 Å². The summed E-state index contributed by atoms with van der Waals surface area (Å²) in [5.41, 5.74) is -0.264. The molecule has 4 rings (SSSR count). The maximum atomic E-state index is 14.7. The van der Waals surface area contributed by atoms with E-state index in [2.05, 4.69) is 6.92 Å². The lowest BCUT2D eigenvalue weighted by atomic mass is 9.88. The number of carbonyl (C=O) groups excluding carboxylic acids is 1. The van der Waals surface area contributed by atoms with Crippen LogP contribution in [-0.4, -0.2) is 16.9 Å². The first-order valence-electron chi connectivity index (χ1n) is 11.4. The number of halogens is 4. The van der Waals surface area contributed by atoms with E-state index in [1.165, 1.54) is 24.3 Å². The third-order valence-electron chi connectivity index (χ3n) is 6.73. The minimum Gasteiger partial charge on any atom is -0.618 e. The predicted octanol–water partition coefficient (Wildman–Crippen LogP) is 6.36. The second-order valence-corrected chi connectivity index (χ2v) is 9.61. The van der Waals surface area contributed by atoms with E-state index in [0.29, 0.717) is 22.6 Å². The summed E-state index contributed by atoms with van der Waals surface area (Å²) >= 11 is 5.80. The van der Waals surface area contributed by atoms with Crippen molar-refractivity contribution in [2.45, 2.75) is 38.5 Å². The number of carbonyl (C=O) groups is 2. The van der Waals surface area contributed by atoms with Crippen molar-refractivity contribution >= 4 is 23.4 Å². The van der Waals surface area contributed by atoms with Crippen LogP contribution in [0, 0.1) is 22.9 Å². The number of Topliss-reactive ketones (excluding diaryl/α,β-unsaturated/α-hetero) is 1. The van der Waals surface area contributed by atoms with E-state index in [4.69, 9.17) is 16.7 Å². The number of ketones is 1. The zero-order chi connectivity index (χ0) is 26.1. The lowest BCUT2D eigenvalue weighted by molar-refractivity contribution is -0.614. The van der Waals surface area contributed by atoms with Crippen LogP contribution in [0.3, 0.4) is 0 Å². The molecule has 5 nitrogen and oxygen atoms in total. The van der Waals surface area contributed by atoms with Gasteiger partial charge in [0.1, 0.15) is 11.7 Å². The van der Waals surface area contributed by atoms with E-state index in [-0.39, 0.29) is 40.0 Å². The summed E-state index contributed by atoms with van der Waals surface area (Å²) in [6.07, 6.45) is -0.618. The number of hydrogen-bond donors (Lipinski definition) is 1. The zero-order valence-corrected chi connectivity index (χ0v) is 20.0. The van der Waals surface area contributed by atoms with Gasteiger partial charge in [-0.25, -0.2) is 18.0 Å². The van der Waals surface area contributed by atoms with Crippen LogP contribution in [-0.2, 0) is 11.2 Å². The molecule has 1 N–H and O–H groups in total. The van der Waals surface area contributed by atoms with Gasteiger partial charge < -0.3 is 10.3 Å². The molecule has 36 heavy (non-hydrogen) atoms. The Morgan fingerprint density at radius 3 is 2.36 bits per heavy atom. The molecular formula is C27H23ClF3NO4. The molecule has 0 spiro atoms. The average molecular weight is 518 g/mol. The first-order valence-corrected chi connectivity index (χ1v) is 11.8. The van der Waals surface area contributed by atoms with Crippen LogP contribution in [0.25, 0.3) is 11.1 Å². The molecule has 1 heterocycles. The van der Waals surface area contributed by atoms with E-state index in [1.807, 2.05) is 0 Å². The van der Waals surface area contributed by atoms with Crippen molar-refractivity contribution in [3.05, 3.63) is 93.2 Å². The van der Waals surface area contributed by atoms with E-state index in [1.54, 1.807) is 12.1 Å². The highest BCUT2D eigenvalue weighted by atomic mass is 35.5. The SMILES string of the molecule is CC1CC1C[C@@H](C(=O)Cc1ccc(C(=O)O)cc1)c1ccc(-c2c(C(F)F)ccc(Cl)c2F)c[n+]1[O-]. The van der Waals surface area contributed by atoms with E-state index < -0.39 is 35.3 Å². The molecule has 2 unspecified atom stereocenters. The van der Waals surface area contributed by atoms with Gasteiger partial charge in [-0.15, -0.1) is 0 Å². The highest BCUT2D eigenvalue weighted by Gasteiger charge is 2.39. The van der Waals surface area contributed by atoms with Crippen LogP contribution in [0.15, 0.2) is 54.7 Å². The van der Waals surface area contributed by atoms with E-state index in [9.17, 15) is 28.0 Å². The molecule has 1 aliphatic carbocycles. The van der Waals surface area contributed by atoms with Crippen LogP contribution in [0.1, 0.15) is 59.3 Å². The van der Waals surface area contributed by atoms with Crippen molar-refractivity contribution in [1.29, 1.82) is 0 Å². The molecule has 1 aromatic heterocycles. The third-order valence-corrected chi connectivity index (χ3v) is 7.03. The number of pyridine rings is 1. The van der Waals surface area contributed by atoms with Gasteiger partial charge in [0, 0.05) is 23.6 Å². The Labute approximate surface area is 210 Å². The molecule has 0 radical (unpaired) electrons. The molecular weight excluding hydrogens is 495 g/mol. The normalized spacial score (nSPS) is 17.7. The average Bonchev–Trinajstić information content (AvgIpc) is 3.53. The van der Waals surface area contributed by atoms with Gasteiger partial charge in [-0.3, -0.25) is 4.79 Å². The summed E-state index contributed by atoms with van der Waals surface area (Å²) in [7, 11) is 0. The molecule has 0 aliphatic heterocycles. The number of carboxylic acid groups (broad SMARTS) is 1. The van der Waals surface area contributed by atoms with Crippen molar-refractivity contribution in [2.24, 2.45) is 11.8 Å². The smallest absolute Gasteiger partial charge is 0.335 e. The summed E-state index contributed by atoms with van der Waals surface area (Å²) in [4.78, 5) is 24.4. The van der Waals surface area contributed by atoms with Gasteiger partial charge in [-0.2, -0.15) is 4.73 Å². The highest BCUT2D eigenvalue weighted by Crippen LogP contribution is 2.45. The minimum atomic E-state index is -2.98. The lowest BCUT2D eigenvalue weighted by Gasteiger charge is -2.17. The monoisotopic (exact) mass is 517 g/mol. The summed E-state index contributed by atoms with van der Waals surface area (Å²) < 4.78 is 42.2. The topological polar surface area (TPSA) is 81.3 Å². The summed E-state index contributed by atoms with van der Waals surface area (Å²) in [6.45, 7) is 2.05. The van der Waals surface area contributed by atoms with E-state index in [0.717, 1.165) is 24.8 Å². The number of nitrogens with zero attached hydrogens (tertiary/aromatic N) is 1. The first kappa shape index (κ1) is 25.7. The van der Waals surface area contributed by atoms with Gasteiger partial charge in [0.25, 0.3) is 6.43 Å². The molecule has 188 valence electrons. The fourth-order valence-corrected chi connectivity index (χ4v) is 4.65. The molecule has 0 amide bonds. The molecule has 0 saturated heterocycles. The van der Waals surface area contributed by atoms with Crippen LogP contribution in [0.4, 0.5) is 13.2 Å².